The van der Waals surface area contributed by atoms with Crippen molar-refractivity contribution in [2.24, 2.45) is 0 Å². The summed E-state index contributed by atoms with van der Waals surface area (Å²) in [6.45, 7) is -0.142. The van der Waals surface area contributed by atoms with Crippen molar-refractivity contribution >= 4 is 10.8 Å². The molecule has 0 unspecified atom stereocenters. The third-order valence-corrected chi connectivity index (χ3v) is 2.68. The Kier molecular flexibility index (Phi) is 2.31. The SMILES string of the molecule is OCc1nncn1-c1cccc2ccncc12. The van der Waals surface area contributed by atoms with E-state index in [1.54, 1.807) is 23.3 Å². The van der Waals surface area contributed by atoms with E-state index in [4.69, 9.17) is 0 Å². The van der Waals surface area contributed by atoms with Crippen molar-refractivity contribution in [2.45, 2.75) is 6.61 Å². The average Bonchev–Trinajstić information content (AvgIpc) is 2.86. The van der Waals surface area contributed by atoms with Crippen LogP contribution in [0.1, 0.15) is 5.82 Å². The summed E-state index contributed by atoms with van der Waals surface area (Å²) in [6.07, 6.45) is 5.14. The quantitative estimate of drug-likeness (QED) is 0.715. The van der Waals surface area contributed by atoms with E-state index in [0.29, 0.717) is 5.82 Å². The van der Waals surface area contributed by atoms with Crippen LogP contribution in [0.5, 0.6) is 0 Å². The van der Waals surface area contributed by atoms with Crippen LogP contribution in [0.15, 0.2) is 43.0 Å². The van der Waals surface area contributed by atoms with Gasteiger partial charge in [-0.2, -0.15) is 0 Å². The van der Waals surface area contributed by atoms with Gasteiger partial charge in [0.2, 0.25) is 0 Å². The number of aromatic nitrogens is 4. The maximum Gasteiger partial charge on any atom is 0.163 e. The molecular weight excluding hydrogens is 216 g/mol. The lowest BCUT2D eigenvalue weighted by Gasteiger charge is -2.08. The molecule has 5 heteroatoms. The maximum atomic E-state index is 9.20. The lowest BCUT2D eigenvalue weighted by Crippen LogP contribution is -2.00. The van der Waals surface area contributed by atoms with Crippen molar-refractivity contribution in [3.05, 3.63) is 48.8 Å². The summed E-state index contributed by atoms with van der Waals surface area (Å²) in [5.41, 5.74) is 0.921. The van der Waals surface area contributed by atoms with Crippen molar-refractivity contribution < 1.29 is 5.11 Å². The van der Waals surface area contributed by atoms with Gasteiger partial charge in [-0.15, -0.1) is 10.2 Å². The third kappa shape index (κ3) is 1.57. The minimum Gasteiger partial charge on any atom is -0.388 e. The predicted molar refractivity (Wildman–Crippen MR) is 62.6 cm³/mol. The second-order valence-electron chi connectivity index (χ2n) is 3.65. The van der Waals surface area contributed by atoms with E-state index in [9.17, 15) is 5.11 Å². The number of hydrogen-bond acceptors (Lipinski definition) is 4. The molecule has 0 radical (unpaired) electrons. The smallest absolute Gasteiger partial charge is 0.163 e. The molecule has 2 aromatic heterocycles. The minimum absolute atomic E-state index is 0.142. The van der Waals surface area contributed by atoms with Gasteiger partial charge >= 0.3 is 0 Å². The summed E-state index contributed by atoms with van der Waals surface area (Å²) in [5, 5.41) is 19.0. The van der Waals surface area contributed by atoms with Crippen molar-refractivity contribution in [1.82, 2.24) is 19.7 Å². The highest BCUT2D eigenvalue weighted by atomic mass is 16.3. The number of fused-ring (bicyclic) bond motifs is 1. The van der Waals surface area contributed by atoms with Crippen molar-refractivity contribution in [1.29, 1.82) is 0 Å². The first-order valence-corrected chi connectivity index (χ1v) is 5.23. The van der Waals surface area contributed by atoms with Crippen LogP contribution in [0.2, 0.25) is 0 Å². The maximum absolute atomic E-state index is 9.20. The van der Waals surface area contributed by atoms with Crippen LogP contribution in [-0.2, 0) is 6.61 Å². The van der Waals surface area contributed by atoms with Crippen molar-refractivity contribution in [3.63, 3.8) is 0 Å². The number of rotatable bonds is 2. The van der Waals surface area contributed by atoms with E-state index >= 15 is 0 Å². The molecule has 0 aliphatic carbocycles. The number of hydrogen-bond donors (Lipinski definition) is 1. The molecule has 5 nitrogen and oxygen atoms in total. The van der Waals surface area contributed by atoms with Crippen LogP contribution in [0, 0.1) is 0 Å². The molecule has 0 atom stereocenters. The number of aliphatic hydroxyl groups excluding tert-OH is 1. The van der Waals surface area contributed by atoms with Gasteiger partial charge < -0.3 is 5.11 Å². The Balaban J connectivity index is 2.31. The molecule has 0 saturated carbocycles. The molecule has 0 amide bonds. The van der Waals surface area contributed by atoms with Gasteiger partial charge in [-0.1, -0.05) is 12.1 Å². The summed E-state index contributed by atoms with van der Waals surface area (Å²) < 4.78 is 1.77. The third-order valence-electron chi connectivity index (χ3n) is 2.68. The number of nitrogens with zero attached hydrogens (tertiary/aromatic N) is 4. The molecule has 2 heterocycles. The van der Waals surface area contributed by atoms with E-state index < -0.39 is 0 Å². The van der Waals surface area contributed by atoms with E-state index in [2.05, 4.69) is 15.2 Å². The van der Waals surface area contributed by atoms with Gasteiger partial charge in [0.05, 0.1) is 5.69 Å². The fourth-order valence-corrected chi connectivity index (χ4v) is 1.88. The zero-order chi connectivity index (χ0) is 11.7. The highest BCUT2D eigenvalue weighted by Crippen LogP contribution is 2.21. The average molecular weight is 226 g/mol. The van der Waals surface area contributed by atoms with Gasteiger partial charge in [-0.05, 0) is 17.5 Å². The van der Waals surface area contributed by atoms with Gasteiger partial charge in [-0.3, -0.25) is 9.55 Å². The zero-order valence-corrected chi connectivity index (χ0v) is 8.98. The first-order chi connectivity index (χ1) is 8.40. The minimum atomic E-state index is -0.142. The first-order valence-electron chi connectivity index (χ1n) is 5.23. The summed E-state index contributed by atoms with van der Waals surface area (Å²) in [4.78, 5) is 4.12. The second-order valence-corrected chi connectivity index (χ2v) is 3.65. The van der Waals surface area contributed by atoms with Crippen LogP contribution < -0.4 is 0 Å². The standard InChI is InChI=1S/C12H10N4O/c17-7-12-15-14-8-16(12)11-3-1-2-9-4-5-13-6-10(9)11/h1-6,8,17H,7H2. The summed E-state index contributed by atoms with van der Waals surface area (Å²) >= 11 is 0. The molecule has 17 heavy (non-hydrogen) atoms. The molecular formula is C12H10N4O. The van der Waals surface area contributed by atoms with Crippen molar-refractivity contribution in [2.75, 3.05) is 0 Å². The summed E-state index contributed by atoms with van der Waals surface area (Å²) in [5.74, 6) is 0.515. The molecule has 0 saturated heterocycles. The van der Waals surface area contributed by atoms with E-state index in [-0.39, 0.29) is 6.61 Å². The van der Waals surface area contributed by atoms with Crippen LogP contribution in [0.25, 0.3) is 16.5 Å². The Morgan fingerprint density at radius 3 is 3.06 bits per heavy atom. The molecule has 3 rings (SSSR count). The summed E-state index contributed by atoms with van der Waals surface area (Å²) in [7, 11) is 0. The topological polar surface area (TPSA) is 63.8 Å². The Hall–Kier alpha value is -2.27. The van der Waals surface area contributed by atoms with Gasteiger partial charge in [-0.25, -0.2) is 0 Å². The number of benzene rings is 1. The lowest BCUT2D eigenvalue weighted by molar-refractivity contribution is 0.269. The van der Waals surface area contributed by atoms with Gasteiger partial charge in [0.15, 0.2) is 5.82 Å². The van der Waals surface area contributed by atoms with Crippen LogP contribution >= 0.6 is 0 Å². The summed E-state index contributed by atoms with van der Waals surface area (Å²) in [6, 6.07) is 7.87. The molecule has 0 aliphatic rings. The van der Waals surface area contributed by atoms with E-state index in [0.717, 1.165) is 16.5 Å². The van der Waals surface area contributed by atoms with Crippen molar-refractivity contribution in [3.8, 4) is 5.69 Å². The highest BCUT2D eigenvalue weighted by molar-refractivity contribution is 5.89. The first kappa shape index (κ1) is 9.92. The Morgan fingerprint density at radius 1 is 1.24 bits per heavy atom. The van der Waals surface area contributed by atoms with Gasteiger partial charge in [0.25, 0.3) is 0 Å². The fraction of sp³-hybridized carbons (Fsp3) is 0.0833. The Morgan fingerprint density at radius 2 is 2.18 bits per heavy atom. The molecule has 0 bridgehead atoms. The lowest BCUT2D eigenvalue weighted by atomic mass is 10.1. The zero-order valence-electron chi connectivity index (χ0n) is 8.98. The molecule has 0 spiro atoms. The normalized spacial score (nSPS) is 10.9. The molecule has 84 valence electrons. The fourth-order valence-electron chi connectivity index (χ4n) is 1.88. The van der Waals surface area contributed by atoms with Crippen LogP contribution in [0.3, 0.4) is 0 Å². The van der Waals surface area contributed by atoms with Crippen LogP contribution in [0.4, 0.5) is 0 Å². The van der Waals surface area contributed by atoms with Gasteiger partial charge in [0.1, 0.15) is 12.9 Å². The second kappa shape index (κ2) is 3.95. The number of aliphatic hydroxyl groups is 1. The molecule has 1 aromatic carbocycles. The van der Waals surface area contributed by atoms with Crippen LogP contribution in [-0.4, -0.2) is 24.9 Å². The Bertz CT molecular complexity index is 657. The number of pyridine rings is 1. The van der Waals surface area contributed by atoms with E-state index in [1.165, 1.54) is 0 Å². The molecule has 0 aliphatic heterocycles. The molecule has 3 aromatic rings. The molecule has 0 fully saturated rings. The highest BCUT2D eigenvalue weighted by Gasteiger charge is 2.08. The monoisotopic (exact) mass is 226 g/mol. The Labute approximate surface area is 97.4 Å². The predicted octanol–water partition coefficient (Wildman–Crippen LogP) is 1.31. The van der Waals surface area contributed by atoms with E-state index in [1.807, 2.05) is 24.3 Å². The molecule has 1 N–H and O–H groups in total. The largest absolute Gasteiger partial charge is 0.388 e. The van der Waals surface area contributed by atoms with Gasteiger partial charge in [0, 0.05) is 17.8 Å².